The van der Waals surface area contributed by atoms with E-state index in [1.54, 1.807) is 7.11 Å². The van der Waals surface area contributed by atoms with Crippen molar-refractivity contribution in [3.8, 4) is 5.75 Å². The van der Waals surface area contributed by atoms with Crippen molar-refractivity contribution in [1.29, 1.82) is 0 Å². The van der Waals surface area contributed by atoms with Crippen LogP contribution in [0, 0.1) is 0 Å². The summed E-state index contributed by atoms with van der Waals surface area (Å²) in [5.74, 6) is 0.795. The quantitative estimate of drug-likeness (QED) is 0.759. The number of ether oxygens (including phenoxy) is 1. The molecule has 0 saturated carbocycles. The first kappa shape index (κ1) is 14.2. The van der Waals surface area contributed by atoms with Gasteiger partial charge in [-0.3, -0.25) is 4.79 Å². The minimum absolute atomic E-state index is 0.0574. The van der Waals surface area contributed by atoms with Crippen LogP contribution in [0.1, 0.15) is 15.9 Å². The van der Waals surface area contributed by atoms with Crippen LogP contribution >= 0.6 is 0 Å². The maximum atomic E-state index is 12.2. The summed E-state index contributed by atoms with van der Waals surface area (Å²) in [6.45, 7) is 0.574. The minimum Gasteiger partial charge on any atom is -0.496 e. The van der Waals surface area contributed by atoms with E-state index in [4.69, 9.17) is 4.74 Å². The maximum absolute atomic E-state index is 12.2. The Bertz CT molecular complexity index is 792. The van der Waals surface area contributed by atoms with E-state index in [2.05, 4.69) is 10.3 Å². The normalized spacial score (nSPS) is 10.6. The van der Waals surface area contributed by atoms with Gasteiger partial charge in [-0.25, -0.2) is 0 Å². The van der Waals surface area contributed by atoms with E-state index in [1.165, 1.54) is 0 Å². The van der Waals surface area contributed by atoms with Crippen LogP contribution in [0.5, 0.6) is 5.75 Å². The molecule has 0 aliphatic rings. The number of fused-ring (bicyclic) bond motifs is 1. The van der Waals surface area contributed by atoms with Gasteiger partial charge in [-0.05, 0) is 42.3 Å². The van der Waals surface area contributed by atoms with Crippen molar-refractivity contribution in [2.75, 3.05) is 13.7 Å². The number of aromatic amines is 1. The first-order valence-corrected chi connectivity index (χ1v) is 7.25. The number of hydrogen-bond acceptors (Lipinski definition) is 2. The molecule has 0 spiro atoms. The summed E-state index contributed by atoms with van der Waals surface area (Å²) in [4.78, 5) is 15.3. The Morgan fingerprint density at radius 1 is 1.18 bits per heavy atom. The molecule has 0 aliphatic heterocycles. The topological polar surface area (TPSA) is 54.1 Å². The minimum atomic E-state index is -0.0574. The van der Waals surface area contributed by atoms with Crippen molar-refractivity contribution in [2.24, 2.45) is 0 Å². The molecule has 2 aromatic carbocycles. The number of methoxy groups -OCH3 is 1. The number of benzene rings is 2. The number of hydrogen-bond donors (Lipinski definition) is 2. The number of nitrogens with one attached hydrogen (secondary N) is 2. The lowest BCUT2D eigenvalue weighted by Crippen LogP contribution is -2.25. The fourth-order valence-corrected chi connectivity index (χ4v) is 2.52. The van der Waals surface area contributed by atoms with Gasteiger partial charge in [0.15, 0.2) is 0 Å². The number of carbonyl (C=O) groups excluding carboxylic acids is 1. The second kappa shape index (κ2) is 6.35. The maximum Gasteiger partial charge on any atom is 0.251 e. The summed E-state index contributed by atoms with van der Waals surface area (Å²) in [6.07, 6.45) is 2.61. The molecule has 0 saturated heterocycles. The predicted molar refractivity (Wildman–Crippen MR) is 87.3 cm³/mol. The lowest BCUT2D eigenvalue weighted by Gasteiger charge is -2.09. The van der Waals surface area contributed by atoms with Crippen molar-refractivity contribution in [2.45, 2.75) is 6.42 Å². The molecule has 0 fully saturated rings. The molecule has 4 heteroatoms. The molecule has 0 radical (unpaired) electrons. The summed E-state index contributed by atoms with van der Waals surface area (Å²) in [7, 11) is 1.66. The zero-order valence-corrected chi connectivity index (χ0v) is 12.4. The van der Waals surface area contributed by atoms with Crippen LogP contribution < -0.4 is 10.1 Å². The van der Waals surface area contributed by atoms with Crippen LogP contribution in [0.2, 0.25) is 0 Å². The van der Waals surface area contributed by atoms with Gasteiger partial charge in [0.05, 0.1) is 7.11 Å². The van der Waals surface area contributed by atoms with Crippen LogP contribution in [0.25, 0.3) is 10.9 Å². The molecule has 22 heavy (non-hydrogen) atoms. The molecule has 1 aromatic heterocycles. The number of carbonyl (C=O) groups is 1. The Hall–Kier alpha value is -2.75. The number of rotatable bonds is 5. The third-order valence-corrected chi connectivity index (χ3v) is 3.69. The van der Waals surface area contributed by atoms with Crippen LogP contribution in [0.4, 0.5) is 0 Å². The Kier molecular flexibility index (Phi) is 4.10. The first-order valence-electron chi connectivity index (χ1n) is 7.25. The highest BCUT2D eigenvalue weighted by molar-refractivity contribution is 5.98. The summed E-state index contributed by atoms with van der Waals surface area (Å²) in [5.41, 5.74) is 2.80. The molecular weight excluding hydrogens is 276 g/mol. The van der Waals surface area contributed by atoms with Crippen molar-refractivity contribution in [1.82, 2.24) is 10.3 Å². The van der Waals surface area contributed by atoms with E-state index >= 15 is 0 Å². The monoisotopic (exact) mass is 294 g/mol. The average molecular weight is 294 g/mol. The predicted octanol–water partition coefficient (Wildman–Crippen LogP) is 3.15. The number of aromatic nitrogens is 1. The van der Waals surface area contributed by atoms with E-state index in [9.17, 15) is 4.79 Å². The summed E-state index contributed by atoms with van der Waals surface area (Å²) >= 11 is 0. The highest BCUT2D eigenvalue weighted by atomic mass is 16.5. The molecule has 0 atom stereocenters. The van der Waals surface area contributed by atoms with Gasteiger partial charge in [0, 0.05) is 29.2 Å². The average Bonchev–Trinajstić information content (AvgIpc) is 3.02. The van der Waals surface area contributed by atoms with Gasteiger partial charge in [0.1, 0.15) is 5.75 Å². The Morgan fingerprint density at radius 3 is 2.91 bits per heavy atom. The van der Waals surface area contributed by atoms with Gasteiger partial charge in [-0.2, -0.15) is 0 Å². The third-order valence-electron chi connectivity index (χ3n) is 3.69. The van der Waals surface area contributed by atoms with E-state index in [-0.39, 0.29) is 5.91 Å². The van der Waals surface area contributed by atoms with E-state index in [1.807, 2.05) is 54.7 Å². The molecule has 4 nitrogen and oxygen atoms in total. The van der Waals surface area contributed by atoms with Crippen molar-refractivity contribution in [3.63, 3.8) is 0 Å². The van der Waals surface area contributed by atoms with Gasteiger partial charge in [-0.15, -0.1) is 0 Å². The zero-order valence-electron chi connectivity index (χ0n) is 12.4. The molecule has 1 heterocycles. The molecule has 1 amide bonds. The van der Waals surface area contributed by atoms with Crippen LogP contribution in [0.15, 0.2) is 54.7 Å². The molecule has 0 aliphatic carbocycles. The van der Waals surface area contributed by atoms with Gasteiger partial charge >= 0.3 is 0 Å². The fraction of sp³-hybridized carbons (Fsp3) is 0.167. The van der Waals surface area contributed by atoms with Gasteiger partial charge in [-0.1, -0.05) is 18.2 Å². The number of para-hydroxylation sites is 1. The van der Waals surface area contributed by atoms with E-state index < -0.39 is 0 Å². The van der Waals surface area contributed by atoms with Gasteiger partial charge < -0.3 is 15.0 Å². The molecule has 0 unspecified atom stereocenters. The van der Waals surface area contributed by atoms with Gasteiger partial charge in [0.2, 0.25) is 0 Å². The molecule has 112 valence electrons. The lowest BCUT2D eigenvalue weighted by atomic mass is 10.1. The third kappa shape index (κ3) is 2.96. The fourth-order valence-electron chi connectivity index (χ4n) is 2.52. The molecule has 3 aromatic rings. The Morgan fingerprint density at radius 2 is 2.05 bits per heavy atom. The van der Waals surface area contributed by atoms with E-state index in [0.29, 0.717) is 12.1 Å². The zero-order chi connectivity index (χ0) is 15.4. The molecule has 0 bridgehead atoms. The summed E-state index contributed by atoms with van der Waals surface area (Å²) < 4.78 is 5.31. The smallest absolute Gasteiger partial charge is 0.251 e. The van der Waals surface area contributed by atoms with E-state index in [0.717, 1.165) is 28.6 Å². The highest BCUT2D eigenvalue weighted by Crippen LogP contribution is 2.17. The van der Waals surface area contributed by atoms with Gasteiger partial charge in [0.25, 0.3) is 5.91 Å². The lowest BCUT2D eigenvalue weighted by molar-refractivity contribution is 0.0954. The van der Waals surface area contributed by atoms with Crippen LogP contribution in [-0.2, 0) is 6.42 Å². The van der Waals surface area contributed by atoms with Crippen molar-refractivity contribution < 1.29 is 9.53 Å². The molecule has 3 rings (SSSR count). The molecular formula is C18H18N2O2. The molecule has 2 N–H and O–H groups in total. The van der Waals surface area contributed by atoms with Crippen molar-refractivity contribution in [3.05, 3.63) is 65.9 Å². The SMILES string of the molecule is COc1ccccc1CCNC(=O)c1ccc2[nH]ccc2c1. The van der Waals surface area contributed by atoms with Crippen LogP contribution in [-0.4, -0.2) is 24.5 Å². The largest absolute Gasteiger partial charge is 0.496 e. The van der Waals surface area contributed by atoms with Crippen molar-refractivity contribution >= 4 is 16.8 Å². The Balaban J connectivity index is 1.62. The van der Waals surface area contributed by atoms with Crippen LogP contribution in [0.3, 0.4) is 0 Å². The summed E-state index contributed by atoms with van der Waals surface area (Å²) in [6, 6.07) is 15.5. The number of amides is 1. The standard InChI is InChI=1S/C18H18N2O2/c1-22-17-5-3-2-4-13(17)8-11-20-18(21)15-6-7-16-14(12-15)9-10-19-16/h2-7,9-10,12,19H,8,11H2,1H3,(H,20,21). The first-order chi connectivity index (χ1) is 10.8. The summed E-state index contributed by atoms with van der Waals surface area (Å²) in [5, 5.41) is 3.99. The second-order valence-electron chi connectivity index (χ2n) is 5.10. The highest BCUT2D eigenvalue weighted by Gasteiger charge is 2.07. The second-order valence-corrected chi connectivity index (χ2v) is 5.10. The number of H-pyrrole nitrogens is 1. The Labute approximate surface area is 129 Å².